The molecule has 136 valence electrons. The van der Waals surface area contributed by atoms with Crippen LogP contribution in [0.1, 0.15) is 36.5 Å². The highest BCUT2D eigenvalue weighted by Gasteiger charge is 2.43. The van der Waals surface area contributed by atoms with Crippen molar-refractivity contribution in [1.29, 1.82) is 0 Å². The fourth-order valence-corrected chi connectivity index (χ4v) is 4.36. The second-order valence-electron chi connectivity index (χ2n) is 7.32. The molecule has 0 amide bonds. The van der Waals surface area contributed by atoms with Gasteiger partial charge in [0.15, 0.2) is 5.78 Å². The van der Waals surface area contributed by atoms with Gasteiger partial charge in [-0.3, -0.25) is 9.59 Å². The minimum atomic E-state index is -1.60. The molecule has 27 heavy (non-hydrogen) atoms. The molecule has 6 heteroatoms. The number of fused-ring (bicyclic) bond motifs is 5. The van der Waals surface area contributed by atoms with Gasteiger partial charge in [-0.25, -0.2) is 4.98 Å². The van der Waals surface area contributed by atoms with Gasteiger partial charge in [0.25, 0.3) is 5.56 Å². The lowest BCUT2D eigenvalue weighted by molar-refractivity contribution is -0.140. The van der Waals surface area contributed by atoms with E-state index in [2.05, 4.69) is 4.98 Å². The molecule has 1 aliphatic heterocycles. The molecule has 2 aromatic heterocycles. The molecule has 3 aromatic rings. The van der Waals surface area contributed by atoms with E-state index in [1.165, 1.54) is 0 Å². The molecule has 6 nitrogen and oxygen atoms in total. The van der Waals surface area contributed by atoms with Gasteiger partial charge >= 0.3 is 0 Å². The largest absolute Gasteiger partial charge is 0.508 e. The number of hydrogen-bond acceptors (Lipinski definition) is 5. The maximum Gasteiger partial charge on any atom is 0.254 e. The highest BCUT2D eigenvalue weighted by Crippen LogP contribution is 2.39. The maximum atomic E-state index is 13.1. The summed E-state index contributed by atoms with van der Waals surface area (Å²) in [6.07, 6.45) is 0.772. The molecule has 2 aliphatic rings. The Morgan fingerprint density at radius 1 is 1.19 bits per heavy atom. The normalized spacial score (nSPS) is 20.4. The molecule has 2 N–H and O–H groups in total. The number of rotatable bonds is 1. The van der Waals surface area contributed by atoms with Crippen molar-refractivity contribution in [3.63, 3.8) is 0 Å². The molecule has 5 rings (SSSR count). The van der Waals surface area contributed by atoms with E-state index < -0.39 is 5.60 Å². The van der Waals surface area contributed by atoms with E-state index in [0.29, 0.717) is 41.0 Å². The first-order valence-corrected chi connectivity index (χ1v) is 9.08. The van der Waals surface area contributed by atoms with Gasteiger partial charge in [-0.1, -0.05) is 6.92 Å². The fraction of sp³-hybridized carbons (Fsp3) is 0.286. The Morgan fingerprint density at radius 3 is 2.78 bits per heavy atom. The minimum Gasteiger partial charge on any atom is -0.508 e. The van der Waals surface area contributed by atoms with Crippen LogP contribution in [0.2, 0.25) is 0 Å². The molecule has 0 fully saturated rings. The number of phenolic OH excluding ortho intramolecular Hbond substituents is 1. The van der Waals surface area contributed by atoms with Crippen LogP contribution in [0, 0.1) is 0 Å². The van der Waals surface area contributed by atoms with Crippen molar-refractivity contribution in [2.75, 3.05) is 0 Å². The van der Waals surface area contributed by atoms with Crippen LogP contribution in [0.5, 0.6) is 5.75 Å². The fourth-order valence-electron chi connectivity index (χ4n) is 4.36. The summed E-state index contributed by atoms with van der Waals surface area (Å²) >= 11 is 0. The molecule has 1 atom stereocenters. The predicted molar refractivity (Wildman–Crippen MR) is 99.7 cm³/mol. The Hall–Kier alpha value is -2.99. The molecule has 0 saturated carbocycles. The van der Waals surface area contributed by atoms with Gasteiger partial charge in [-0.15, -0.1) is 0 Å². The number of carbonyl (C=O) groups excluding carboxylic acids is 1. The Labute approximate surface area is 154 Å². The summed E-state index contributed by atoms with van der Waals surface area (Å²) in [6, 6.07) is 8.65. The molecular weight excluding hydrogens is 344 g/mol. The number of Topliss-reactive ketones (excluding diaryl/α,β-unsaturated/α-hetero) is 1. The number of phenols is 1. The predicted octanol–water partition coefficient (Wildman–Crippen LogP) is 2.24. The van der Waals surface area contributed by atoms with Crippen molar-refractivity contribution in [3.05, 3.63) is 57.4 Å². The average Bonchev–Trinajstić information content (AvgIpc) is 3.01. The number of nitrogens with zero attached hydrogens (tertiary/aromatic N) is 2. The molecule has 0 radical (unpaired) electrons. The summed E-state index contributed by atoms with van der Waals surface area (Å²) in [5.41, 5.74) is 2.11. The third kappa shape index (κ3) is 2.07. The quantitative estimate of drug-likeness (QED) is 0.542. The first-order valence-electron chi connectivity index (χ1n) is 9.08. The number of hydrogen-bond donors (Lipinski definition) is 2. The number of ketones is 1. The van der Waals surface area contributed by atoms with Crippen molar-refractivity contribution in [2.45, 2.75) is 38.3 Å². The second-order valence-corrected chi connectivity index (χ2v) is 7.32. The van der Waals surface area contributed by atoms with Crippen LogP contribution in [-0.4, -0.2) is 25.5 Å². The molecule has 1 aromatic carbocycles. The third-order valence-corrected chi connectivity index (χ3v) is 5.87. The number of pyridine rings is 2. The zero-order chi connectivity index (χ0) is 18.9. The summed E-state index contributed by atoms with van der Waals surface area (Å²) in [5, 5.41) is 21.5. The van der Waals surface area contributed by atoms with E-state index in [1.807, 2.05) is 6.07 Å². The first kappa shape index (κ1) is 16.2. The number of carbonyl (C=O) groups is 1. The van der Waals surface area contributed by atoms with E-state index in [0.717, 1.165) is 10.9 Å². The van der Waals surface area contributed by atoms with Crippen LogP contribution in [0.3, 0.4) is 0 Å². The van der Waals surface area contributed by atoms with E-state index in [4.69, 9.17) is 0 Å². The van der Waals surface area contributed by atoms with Crippen LogP contribution < -0.4 is 5.56 Å². The summed E-state index contributed by atoms with van der Waals surface area (Å²) in [5.74, 6) is -0.0686. The summed E-state index contributed by atoms with van der Waals surface area (Å²) in [7, 11) is 0. The lowest BCUT2D eigenvalue weighted by atomic mass is 9.77. The highest BCUT2D eigenvalue weighted by atomic mass is 16.3. The smallest absolute Gasteiger partial charge is 0.254 e. The average molecular weight is 362 g/mol. The van der Waals surface area contributed by atoms with Crippen molar-refractivity contribution >= 4 is 16.7 Å². The molecular formula is C21H18N2O4. The molecule has 0 spiro atoms. The molecule has 0 saturated heterocycles. The van der Waals surface area contributed by atoms with E-state index in [1.54, 1.807) is 35.8 Å². The van der Waals surface area contributed by atoms with Gasteiger partial charge in [-0.05, 0) is 43.2 Å². The van der Waals surface area contributed by atoms with Crippen LogP contribution in [0.25, 0.3) is 22.3 Å². The highest BCUT2D eigenvalue weighted by molar-refractivity contribution is 5.91. The van der Waals surface area contributed by atoms with E-state index >= 15 is 0 Å². The Morgan fingerprint density at radius 2 is 2.00 bits per heavy atom. The molecule has 0 unspecified atom stereocenters. The summed E-state index contributed by atoms with van der Waals surface area (Å²) < 4.78 is 1.67. The van der Waals surface area contributed by atoms with Gasteiger partial charge in [0.05, 0.1) is 23.4 Å². The van der Waals surface area contributed by atoms with Gasteiger partial charge in [0, 0.05) is 28.5 Å². The minimum absolute atomic E-state index is 0.160. The number of aromatic nitrogens is 2. The van der Waals surface area contributed by atoms with Crippen LogP contribution in [-0.2, 0) is 23.4 Å². The number of aliphatic hydroxyl groups is 1. The Bertz CT molecular complexity index is 1210. The summed E-state index contributed by atoms with van der Waals surface area (Å²) in [6.45, 7) is 2.15. The van der Waals surface area contributed by atoms with Crippen molar-refractivity contribution in [1.82, 2.24) is 9.55 Å². The number of aromatic hydroxyl groups is 1. The zero-order valence-corrected chi connectivity index (χ0v) is 14.8. The standard InChI is InChI=1S/C21H18N2O4/c1-2-21(27)15-9-17-19-12(7-11-8-13(24)3-5-16(11)22-19)10-23(17)20(26)14(15)4-6-18(21)25/h3,5,7-9,24,27H,2,4,6,10H2,1H3/t21-/m0/s1. The first-order chi connectivity index (χ1) is 12.9. The Balaban J connectivity index is 1.80. The van der Waals surface area contributed by atoms with Crippen LogP contribution >= 0.6 is 0 Å². The maximum absolute atomic E-state index is 13.1. The van der Waals surface area contributed by atoms with E-state index in [9.17, 15) is 19.8 Å². The second kappa shape index (κ2) is 5.27. The SMILES string of the molecule is CC[C@@]1(O)C(=O)CCc2c1cc1n(c2=O)Cc2cc3cc(O)ccc3nc2-1. The van der Waals surface area contributed by atoms with Gasteiger partial charge in [0.2, 0.25) is 0 Å². The van der Waals surface area contributed by atoms with Crippen LogP contribution in [0.4, 0.5) is 0 Å². The monoisotopic (exact) mass is 362 g/mol. The van der Waals surface area contributed by atoms with Crippen molar-refractivity contribution < 1.29 is 15.0 Å². The van der Waals surface area contributed by atoms with Gasteiger partial charge < -0.3 is 14.8 Å². The summed E-state index contributed by atoms with van der Waals surface area (Å²) in [4.78, 5) is 30.2. The lowest BCUT2D eigenvalue weighted by Crippen LogP contribution is -2.43. The lowest BCUT2D eigenvalue weighted by Gasteiger charge is -2.32. The zero-order valence-electron chi connectivity index (χ0n) is 14.8. The molecule has 3 heterocycles. The third-order valence-electron chi connectivity index (χ3n) is 5.87. The van der Waals surface area contributed by atoms with E-state index in [-0.39, 0.29) is 29.9 Å². The van der Waals surface area contributed by atoms with Crippen molar-refractivity contribution in [3.8, 4) is 17.1 Å². The van der Waals surface area contributed by atoms with Gasteiger partial charge in [-0.2, -0.15) is 0 Å². The number of benzene rings is 1. The van der Waals surface area contributed by atoms with Crippen molar-refractivity contribution in [2.24, 2.45) is 0 Å². The molecule has 0 bridgehead atoms. The van der Waals surface area contributed by atoms with Gasteiger partial charge in [0.1, 0.15) is 11.4 Å². The topological polar surface area (TPSA) is 92.4 Å². The van der Waals surface area contributed by atoms with Crippen LogP contribution in [0.15, 0.2) is 35.1 Å². The molecule has 1 aliphatic carbocycles. The Kier molecular flexibility index (Phi) is 3.16.